The number of rotatable bonds is 3. The third-order valence-electron chi connectivity index (χ3n) is 2.26. The van der Waals surface area contributed by atoms with E-state index >= 15 is 0 Å². The summed E-state index contributed by atoms with van der Waals surface area (Å²) in [6.45, 7) is 4.27. The summed E-state index contributed by atoms with van der Waals surface area (Å²) in [5.74, 6) is -0.258. The van der Waals surface area contributed by atoms with Crippen LogP contribution in [0.15, 0.2) is 18.2 Å². The van der Waals surface area contributed by atoms with Gasteiger partial charge in [-0.2, -0.15) is 0 Å². The zero-order valence-electron chi connectivity index (χ0n) is 8.76. The van der Waals surface area contributed by atoms with Crippen molar-refractivity contribution >= 4 is 11.7 Å². The van der Waals surface area contributed by atoms with Crippen LogP contribution in [0.1, 0.15) is 11.1 Å². The van der Waals surface area contributed by atoms with E-state index < -0.39 is 0 Å². The van der Waals surface area contributed by atoms with Crippen molar-refractivity contribution < 1.29 is 9.53 Å². The molecule has 0 saturated carbocycles. The normalized spacial score (nSPS) is 9.64. The Balaban J connectivity index is 2.68. The van der Waals surface area contributed by atoms with Crippen LogP contribution in [-0.4, -0.2) is 19.6 Å². The number of anilines is 1. The van der Waals surface area contributed by atoms with Gasteiger partial charge in [0.2, 0.25) is 0 Å². The highest BCUT2D eigenvalue weighted by Crippen LogP contribution is 2.17. The molecule has 0 saturated heterocycles. The van der Waals surface area contributed by atoms with E-state index in [-0.39, 0.29) is 12.5 Å². The maximum Gasteiger partial charge on any atom is 0.325 e. The van der Waals surface area contributed by atoms with Gasteiger partial charge in [0.15, 0.2) is 0 Å². The second kappa shape index (κ2) is 4.65. The molecule has 1 aromatic rings. The molecule has 0 unspecified atom stereocenters. The Morgan fingerprint density at radius 2 is 2.14 bits per heavy atom. The van der Waals surface area contributed by atoms with Gasteiger partial charge in [-0.1, -0.05) is 12.1 Å². The van der Waals surface area contributed by atoms with Crippen molar-refractivity contribution in [1.82, 2.24) is 0 Å². The van der Waals surface area contributed by atoms with Crippen LogP contribution in [0.25, 0.3) is 0 Å². The predicted molar refractivity (Wildman–Crippen MR) is 56.4 cm³/mol. The number of hydrogen-bond donors (Lipinski definition) is 1. The Morgan fingerprint density at radius 1 is 1.43 bits per heavy atom. The SMILES string of the molecule is COC(=O)CNc1cccc(C)c1C. The number of nitrogens with one attached hydrogen (secondary N) is 1. The molecule has 76 valence electrons. The fraction of sp³-hybridized carbons (Fsp3) is 0.364. The largest absolute Gasteiger partial charge is 0.468 e. The van der Waals surface area contributed by atoms with Crippen LogP contribution >= 0.6 is 0 Å². The van der Waals surface area contributed by atoms with Crippen LogP contribution in [-0.2, 0) is 9.53 Å². The summed E-state index contributed by atoms with van der Waals surface area (Å²) in [6, 6.07) is 5.95. The van der Waals surface area contributed by atoms with Gasteiger partial charge in [0.1, 0.15) is 6.54 Å². The van der Waals surface area contributed by atoms with Crippen molar-refractivity contribution in [3.63, 3.8) is 0 Å². The molecular weight excluding hydrogens is 178 g/mol. The molecule has 0 aliphatic carbocycles. The minimum atomic E-state index is -0.258. The molecule has 0 bridgehead atoms. The molecule has 1 rings (SSSR count). The average Bonchev–Trinajstić information content (AvgIpc) is 2.20. The lowest BCUT2D eigenvalue weighted by Crippen LogP contribution is -2.15. The quantitative estimate of drug-likeness (QED) is 0.745. The molecule has 0 amide bonds. The summed E-state index contributed by atoms with van der Waals surface area (Å²) in [5.41, 5.74) is 3.35. The first kappa shape index (κ1) is 10.6. The highest BCUT2D eigenvalue weighted by atomic mass is 16.5. The van der Waals surface area contributed by atoms with E-state index in [0.717, 1.165) is 11.3 Å². The highest BCUT2D eigenvalue weighted by molar-refractivity contribution is 5.75. The lowest BCUT2D eigenvalue weighted by atomic mass is 10.1. The number of ether oxygens (including phenoxy) is 1. The van der Waals surface area contributed by atoms with E-state index in [1.807, 2.05) is 32.0 Å². The smallest absolute Gasteiger partial charge is 0.325 e. The Labute approximate surface area is 84.1 Å². The third-order valence-corrected chi connectivity index (χ3v) is 2.26. The van der Waals surface area contributed by atoms with Crippen molar-refractivity contribution in [2.24, 2.45) is 0 Å². The third kappa shape index (κ3) is 2.49. The van der Waals surface area contributed by atoms with Crippen LogP contribution in [0.4, 0.5) is 5.69 Å². The monoisotopic (exact) mass is 193 g/mol. The standard InChI is InChI=1S/C11H15NO2/c1-8-5-4-6-10(9(8)2)12-7-11(13)14-3/h4-6,12H,7H2,1-3H3. The predicted octanol–water partition coefficient (Wildman–Crippen LogP) is 1.89. The van der Waals surface area contributed by atoms with E-state index in [9.17, 15) is 4.79 Å². The van der Waals surface area contributed by atoms with Crippen molar-refractivity contribution in [2.75, 3.05) is 19.0 Å². The fourth-order valence-electron chi connectivity index (χ4n) is 1.18. The summed E-state index contributed by atoms with van der Waals surface area (Å²) < 4.78 is 4.54. The number of aryl methyl sites for hydroxylation is 1. The van der Waals surface area contributed by atoms with Gasteiger partial charge >= 0.3 is 5.97 Å². The minimum Gasteiger partial charge on any atom is -0.468 e. The topological polar surface area (TPSA) is 38.3 Å². The Hall–Kier alpha value is -1.51. The summed E-state index contributed by atoms with van der Waals surface area (Å²) in [5, 5.41) is 3.03. The van der Waals surface area contributed by atoms with Crippen LogP contribution in [0.5, 0.6) is 0 Å². The molecule has 0 spiro atoms. The van der Waals surface area contributed by atoms with Crippen molar-refractivity contribution in [3.05, 3.63) is 29.3 Å². The first-order valence-corrected chi connectivity index (χ1v) is 4.52. The van der Waals surface area contributed by atoms with Crippen molar-refractivity contribution in [2.45, 2.75) is 13.8 Å². The lowest BCUT2D eigenvalue weighted by Gasteiger charge is -2.09. The van der Waals surface area contributed by atoms with Gasteiger partial charge in [-0.05, 0) is 31.0 Å². The van der Waals surface area contributed by atoms with E-state index in [4.69, 9.17) is 0 Å². The lowest BCUT2D eigenvalue weighted by molar-refractivity contribution is -0.138. The van der Waals surface area contributed by atoms with Crippen LogP contribution in [0.3, 0.4) is 0 Å². The first-order chi connectivity index (χ1) is 6.65. The van der Waals surface area contributed by atoms with Gasteiger partial charge in [-0.3, -0.25) is 4.79 Å². The number of benzene rings is 1. The van der Waals surface area contributed by atoms with E-state index in [0.29, 0.717) is 0 Å². The molecule has 0 aromatic heterocycles. The second-order valence-electron chi connectivity index (χ2n) is 3.18. The molecule has 1 aromatic carbocycles. The maximum absolute atomic E-state index is 10.9. The molecule has 0 heterocycles. The van der Waals surface area contributed by atoms with Gasteiger partial charge in [-0.25, -0.2) is 0 Å². The van der Waals surface area contributed by atoms with Gasteiger partial charge < -0.3 is 10.1 Å². The zero-order chi connectivity index (χ0) is 10.6. The fourth-order valence-corrected chi connectivity index (χ4v) is 1.18. The Kier molecular flexibility index (Phi) is 3.51. The zero-order valence-corrected chi connectivity index (χ0v) is 8.76. The van der Waals surface area contributed by atoms with Gasteiger partial charge in [0.05, 0.1) is 7.11 Å². The molecule has 0 atom stereocenters. The summed E-state index contributed by atoms with van der Waals surface area (Å²) >= 11 is 0. The van der Waals surface area contributed by atoms with Gasteiger partial charge in [0.25, 0.3) is 0 Å². The van der Waals surface area contributed by atoms with E-state index in [2.05, 4.69) is 10.1 Å². The van der Waals surface area contributed by atoms with Crippen LogP contribution in [0.2, 0.25) is 0 Å². The maximum atomic E-state index is 10.9. The number of carbonyl (C=O) groups excluding carboxylic acids is 1. The molecule has 0 aliphatic rings. The number of hydrogen-bond acceptors (Lipinski definition) is 3. The second-order valence-corrected chi connectivity index (χ2v) is 3.18. The average molecular weight is 193 g/mol. The number of carbonyl (C=O) groups is 1. The Morgan fingerprint density at radius 3 is 2.79 bits per heavy atom. The van der Waals surface area contributed by atoms with E-state index in [1.54, 1.807) is 0 Å². The molecule has 0 fully saturated rings. The molecule has 14 heavy (non-hydrogen) atoms. The molecular formula is C11H15NO2. The van der Waals surface area contributed by atoms with Gasteiger partial charge in [0, 0.05) is 5.69 Å². The van der Waals surface area contributed by atoms with Crippen LogP contribution in [0, 0.1) is 13.8 Å². The van der Waals surface area contributed by atoms with Crippen molar-refractivity contribution in [3.8, 4) is 0 Å². The summed E-state index contributed by atoms with van der Waals surface area (Å²) in [7, 11) is 1.38. The van der Waals surface area contributed by atoms with E-state index in [1.165, 1.54) is 12.7 Å². The molecule has 0 radical (unpaired) electrons. The molecule has 1 N–H and O–H groups in total. The van der Waals surface area contributed by atoms with Crippen molar-refractivity contribution in [1.29, 1.82) is 0 Å². The molecule has 3 heteroatoms. The number of methoxy groups -OCH3 is 1. The summed E-state index contributed by atoms with van der Waals surface area (Å²) in [6.07, 6.45) is 0. The number of esters is 1. The Bertz CT molecular complexity index is 334. The molecule has 3 nitrogen and oxygen atoms in total. The highest BCUT2D eigenvalue weighted by Gasteiger charge is 2.02. The summed E-state index contributed by atoms with van der Waals surface area (Å²) in [4.78, 5) is 10.9. The minimum absolute atomic E-state index is 0.209. The van der Waals surface area contributed by atoms with Crippen LogP contribution < -0.4 is 5.32 Å². The van der Waals surface area contributed by atoms with Gasteiger partial charge in [-0.15, -0.1) is 0 Å². The molecule has 0 aliphatic heterocycles. The first-order valence-electron chi connectivity index (χ1n) is 4.52.